The molecule has 0 atom stereocenters. The Morgan fingerprint density at radius 3 is 2.84 bits per heavy atom. The van der Waals surface area contributed by atoms with E-state index in [0.717, 1.165) is 56.6 Å². The summed E-state index contributed by atoms with van der Waals surface area (Å²) in [5, 5.41) is 7.68. The summed E-state index contributed by atoms with van der Waals surface area (Å²) in [6.07, 6.45) is 8.31. The van der Waals surface area contributed by atoms with E-state index >= 15 is 0 Å². The van der Waals surface area contributed by atoms with E-state index in [1.165, 1.54) is 19.3 Å². The number of hydrogen-bond acceptors (Lipinski definition) is 4. The summed E-state index contributed by atoms with van der Waals surface area (Å²) >= 11 is 0. The third-order valence-corrected chi connectivity index (χ3v) is 5.28. The van der Waals surface area contributed by atoms with Crippen molar-refractivity contribution in [3.63, 3.8) is 0 Å². The van der Waals surface area contributed by atoms with Gasteiger partial charge in [-0.1, -0.05) is 26.2 Å². The lowest BCUT2D eigenvalue weighted by atomic mass is 9.95. The van der Waals surface area contributed by atoms with Gasteiger partial charge in [0.15, 0.2) is 0 Å². The highest BCUT2D eigenvalue weighted by atomic mass is 16.1. The summed E-state index contributed by atoms with van der Waals surface area (Å²) in [6.45, 7) is 5.10. The van der Waals surface area contributed by atoms with E-state index in [2.05, 4.69) is 15.3 Å². The van der Waals surface area contributed by atoms with Crippen LogP contribution in [0.15, 0.2) is 10.9 Å². The molecule has 1 aliphatic heterocycles. The van der Waals surface area contributed by atoms with Gasteiger partial charge < -0.3 is 5.32 Å². The zero-order valence-corrected chi connectivity index (χ0v) is 15.3. The molecule has 3 rings (SSSR count). The molecule has 0 bridgehead atoms. The molecule has 6 nitrogen and oxygen atoms in total. The molecule has 0 spiro atoms. The van der Waals surface area contributed by atoms with Crippen LogP contribution in [0.3, 0.4) is 0 Å². The Morgan fingerprint density at radius 2 is 2.08 bits per heavy atom. The SMILES string of the molecule is CCCn1nc2c(cc1=O)CN(CCC(=O)NC1CCCCC1)CC2. The first-order valence-corrected chi connectivity index (χ1v) is 9.77. The van der Waals surface area contributed by atoms with Crippen LogP contribution in [0.1, 0.15) is 63.1 Å². The highest BCUT2D eigenvalue weighted by Gasteiger charge is 2.20. The van der Waals surface area contributed by atoms with Crippen LogP contribution in [0.4, 0.5) is 0 Å². The second-order valence-electron chi connectivity index (χ2n) is 7.36. The molecule has 1 aromatic heterocycles. The van der Waals surface area contributed by atoms with Crippen LogP contribution in [-0.4, -0.2) is 39.7 Å². The monoisotopic (exact) mass is 346 g/mol. The molecule has 1 aromatic rings. The van der Waals surface area contributed by atoms with Crippen LogP contribution < -0.4 is 10.9 Å². The predicted molar refractivity (Wildman–Crippen MR) is 97.4 cm³/mol. The van der Waals surface area contributed by atoms with Crippen LogP contribution in [0.5, 0.6) is 0 Å². The molecule has 138 valence electrons. The fourth-order valence-corrected chi connectivity index (χ4v) is 3.87. The number of fused-ring (bicyclic) bond motifs is 1. The number of aromatic nitrogens is 2. The van der Waals surface area contributed by atoms with Gasteiger partial charge in [0.2, 0.25) is 5.91 Å². The number of rotatable bonds is 6. The maximum atomic E-state index is 12.2. The summed E-state index contributed by atoms with van der Waals surface area (Å²) in [5.74, 6) is 0.161. The molecule has 1 aliphatic carbocycles. The molecule has 25 heavy (non-hydrogen) atoms. The first-order chi connectivity index (χ1) is 12.2. The molecule has 0 radical (unpaired) electrons. The summed E-state index contributed by atoms with van der Waals surface area (Å²) in [4.78, 5) is 26.5. The van der Waals surface area contributed by atoms with Gasteiger partial charge >= 0.3 is 0 Å². The van der Waals surface area contributed by atoms with Gasteiger partial charge in [-0.3, -0.25) is 14.5 Å². The number of nitrogens with one attached hydrogen (secondary N) is 1. The molecule has 1 N–H and O–H groups in total. The van der Waals surface area contributed by atoms with Crippen LogP contribution >= 0.6 is 0 Å². The number of hydrogen-bond donors (Lipinski definition) is 1. The van der Waals surface area contributed by atoms with Gasteiger partial charge in [0, 0.05) is 51.1 Å². The van der Waals surface area contributed by atoms with Gasteiger partial charge in [0.25, 0.3) is 5.56 Å². The fraction of sp³-hybridized carbons (Fsp3) is 0.737. The Morgan fingerprint density at radius 1 is 1.28 bits per heavy atom. The van der Waals surface area contributed by atoms with Gasteiger partial charge in [0.05, 0.1) is 5.69 Å². The lowest BCUT2D eigenvalue weighted by Gasteiger charge is -2.28. The molecule has 0 saturated heterocycles. The Kier molecular flexibility index (Phi) is 6.24. The first kappa shape index (κ1) is 18.1. The average Bonchev–Trinajstić information content (AvgIpc) is 2.61. The highest BCUT2D eigenvalue weighted by molar-refractivity contribution is 5.76. The van der Waals surface area contributed by atoms with E-state index in [4.69, 9.17) is 0 Å². The van der Waals surface area contributed by atoms with E-state index in [-0.39, 0.29) is 11.5 Å². The maximum absolute atomic E-state index is 12.2. The van der Waals surface area contributed by atoms with Crippen molar-refractivity contribution >= 4 is 5.91 Å². The number of aryl methyl sites for hydroxylation is 1. The van der Waals surface area contributed by atoms with Gasteiger partial charge in [0.1, 0.15) is 0 Å². The van der Waals surface area contributed by atoms with Crippen LogP contribution in [0.25, 0.3) is 0 Å². The first-order valence-electron chi connectivity index (χ1n) is 9.77. The average molecular weight is 346 g/mol. The van der Waals surface area contributed by atoms with Crippen LogP contribution in [-0.2, 0) is 24.3 Å². The number of carbonyl (C=O) groups excluding carboxylic acids is 1. The van der Waals surface area contributed by atoms with Gasteiger partial charge in [-0.25, -0.2) is 4.68 Å². The van der Waals surface area contributed by atoms with Crippen molar-refractivity contribution in [1.82, 2.24) is 20.0 Å². The third kappa shape index (κ3) is 4.91. The van der Waals surface area contributed by atoms with E-state index in [1.54, 1.807) is 10.7 Å². The molecule has 0 aromatic carbocycles. The molecule has 1 saturated carbocycles. The smallest absolute Gasteiger partial charge is 0.267 e. The lowest BCUT2D eigenvalue weighted by molar-refractivity contribution is -0.122. The predicted octanol–water partition coefficient (Wildman–Crippen LogP) is 1.85. The molecular weight excluding hydrogens is 316 g/mol. The number of amides is 1. The summed E-state index contributed by atoms with van der Waals surface area (Å²) in [6, 6.07) is 2.11. The van der Waals surface area contributed by atoms with E-state index < -0.39 is 0 Å². The van der Waals surface area contributed by atoms with Crippen molar-refractivity contribution in [2.24, 2.45) is 0 Å². The van der Waals surface area contributed by atoms with Gasteiger partial charge in [-0.15, -0.1) is 0 Å². The highest BCUT2D eigenvalue weighted by Crippen LogP contribution is 2.18. The normalized spacial score (nSPS) is 18.8. The van der Waals surface area contributed by atoms with Crippen molar-refractivity contribution in [2.45, 2.75) is 77.4 Å². The van der Waals surface area contributed by atoms with Crippen LogP contribution in [0.2, 0.25) is 0 Å². The molecule has 6 heteroatoms. The molecule has 2 aliphatic rings. The minimum Gasteiger partial charge on any atom is -0.353 e. The molecular formula is C19H30N4O2. The minimum absolute atomic E-state index is 0.0162. The van der Waals surface area contributed by atoms with E-state index in [1.807, 2.05) is 6.92 Å². The van der Waals surface area contributed by atoms with Crippen molar-refractivity contribution in [3.8, 4) is 0 Å². The Labute approximate surface area is 149 Å². The zero-order chi connectivity index (χ0) is 17.6. The molecule has 2 heterocycles. The van der Waals surface area contributed by atoms with E-state index in [9.17, 15) is 9.59 Å². The van der Waals surface area contributed by atoms with Crippen molar-refractivity contribution in [3.05, 3.63) is 27.7 Å². The fourth-order valence-electron chi connectivity index (χ4n) is 3.87. The Balaban J connectivity index is 1.50. The minimum atomic E-state index is -0.0162. The molecule has 1 amide bonds. The Hall–Kier alpha value is -1.69. The summed E-state index contributed by atoms with van der Waals surface area (Å²) in [5.41, 5.74) is 2.05. The maximum Gasteiger partial charge on any atom is 0.267 e. The standard InChI is InChI=1S/C19H30N4O2/c1-2-10-23-19(25)13-15-14-22(11-8-17(15)21-23)12-9-18(24)20-16-6-4-3-5-7-16/h13,16H,2-12,14H2,1H3,(H,20,24). The Bertz CT molecular complexity index is 649. The van der Waals surface area contributed by atoms with Crippen LogP contribution in [0, 0.1) is 0 Å². The lowest BCUT2D eigenvalue weighted by Crippen LogP contribution is -2.40. The van der Waals surface area contributed by atoms with Crippen molar-refractivity contribution in [1.29, 1.82) is 0 Å². The quantitative estimate of drug-likeness (QED) is 0.854. The van der Waals surface area contributed by atoms with Gasteiger partial charge in [-0.05, 0) is 24.8 Å². The van der Waals surface area contributed by atoms with Crippen molar-refractivity contribution in [2.75, 3.05) is 13.1 Å². The third-order valence-electron chi connectivity index (χ3n) is 5.28. The number of nitrogens with zero attached hydrogens (tertiary/aromatic N) is 3. The van der Waals surface area contributed by atoms with E-state index in [0.29, 0.717) is 19.0 Å². The van der Waals surface area contributed by atoms with Gasteiger partial charge in [-0.2, -0.15) is 5.10 Å². The largest absolute Gasteiger partial charge is 0.353 e. The topological polar surface area (TPSA) is 67.2 Å². The second kappa shape index (κ2) is 8.61. The molecule has 0 unspecified atom stereocenters. The number of carbonyl (C=O) groups is 1. The summed E-state index contributed by atoms with van der Waals surface area (Å²) < 4.78 is 1.58. The molecule has 1 fully saturated rings. The van der Waals surface area contributed by atoms with Crippen molar-refractivity contribution < 1.29 is 4.79 Å². The zero-order valence-electron chi connectivity index (χ0n) is 15.3. The second-order valence-corrected chi connectivity index (χ2v) is 7.36. The summed E-state index contributed by atoms with van der Waals surface area (Å²) in [7, 11) is 0.